The molecule has 2 aromatic rings. The number of nitrogens with zero attached hydrogens (tertiary/aromatic N) is 1. The molecule has 0 fully saturated rings. The first-order chi connectivity index (χ1) is 10.6. The SMILES string of the molecule is Cc1ccc(C(=O)CC2(C)NN=C(c3ccccc3)S2)cc1. The summed E-state index contributed by atoms with van der Waals surface area (Å²) in [5.41, 5.74) is 6.11. The summed E-state index contributed by atoms with van der Waals surface area (Å²) in [5, 5.41) is 5.33. The summed E-state index contributed by atoms with van der Waals surface area (Å²) in [5.74, 6) is 0.131. The maximum atomic E-state index is 12.5. The van der Waals surface area contributed by atoms with Crippen LogP contribution in [0.3, 0.4) is 0 Å². The normalized spacial score (nSPS) is 20.4. The predicted molar refractivity (Wildman–Crippen MR) is 92.2 cm³/mol. The van der Waals surface area contributed by atoms with Crippen molar-refractivity contribution < 1.29 is 4.79 Å². The van der Waals surface area contributed by atoms with Gasteiger partial charge in [0, 0.05) is 17.5 Å². The average Bonchev–Trinajstić information content (AvgIpc) is 2.91. The van der Waals surface area contributed by atoms with Crippen molar-refractivity contribution in [1.82, 2.24) is 5.43 Å². The van der Waals surface area contributed by atoms with E-state index in [1.807, 2.05) is 68.4 Å². The van der Waals surface area contributed by atoms with Crippen LogP contribution in [-0.2, 0) is 0 Å². The third-order valence-electron chi connectivity index (χ3n) is 3.61. The number of hydrogen-bond acceptors (Lipinski definition) is 4. The van der Waals surface area contributed by atoms with Crippen molar-refractivity contribution >= 4 is 22.6 Å². The lowest BCUT2D eigenvalue weighted by atomic mass is 10.0. The third-order valence-corrected chi connectivity index (χ3v) is 4.81. The number of nitrogens with one attached hydrogen (secondary N) is 1. The van der Waals surface area contributed by atoms with Gasteiger partial charge in [0.1, 0.15) is 9.91 Å². The van der Waals surface area contributed by atoms with Crippen molar-refractivity contribution in [2.45, 2.75) is 25.1 Å². The highest BCUT2D eigenvalue weighted by Gasteiger charge is 2.35. The van der Waals surface area contributed by atoms with Gasteiger partial charge in [0.05, 0.1) is 0 Å². The molecule has 0 spiro atoms. The monoisotopic (exact) mass is 310 g/mol. The van der Waals surface area contributed by atoms with Crippen molar-refractivity contribution in [1.29, 1.82) is 0 Å². The Morgan fingerprint density at radius 1 is 1.14 bits per heavy atom. The minimum Gasteiger partial charge on any atom is -0.294 e. The topological polar surface area (TPSA) is 41.5 Å². The fourth-order valence-electron chi connectivity index (χ4n) is 2.36. The van der Waals surface area contributed by atoms with E-state index in [4.69, 9.17) is 0 Å². The van der Waals surface area contributed by atoms with Gasteiger partial charge in [0.15, 0.2) is 5.78 Å². The molecule has 1 aliphatic heterocycles. The van der Waals surface area contributed by atoms with Crippen molar-refractivity contribution in [3.63, 3.8) is 0 Å². The molecule has 1 N–H and O–H groups in total. The molecule has 0 amide bonds. The number of carbonyl (C=O) groups is 1. The van der Waals surface area contributed by atoms with Gasteiger partial charge in [-0.15, -0.1) is 0 Å². The van der Waals surface area contributed by atoms with Crippen molar-refractivity contribution in [3.05, 3.63) is 71.3 Å². The zero-order valence-electron chi connectivity index (χ0n) is 12.7. The lowest BCUT2D eigenvalue weighted by Crippen LogP contribution is -2.34. The zero-order valence-corrected chi connectivity index (χ0v) is 13.5. The van der Waals surface area contributed by atoms with Crippen LogP contribution in [0.15, 0.2) is 59.7 Å². The molecular weight excluding hydrogens is 292 g/mol. The lowest BCUT2D eigenvalue weighted by Gasteiger charge is -2.21. The Morgan fingerprint density at radius 3 is 2.50 bits per heavy atom. The smallest absolute Gasteiger partial charge is 0.166 e. The molecule has 1 unspecified atom stereocenters. The van der Waals surface area contributed by atoms with E-state index in [0.717, 1.165) is 21.7 Å². The number of hydrogen-bond donors (Lipinski definition) is 1. The highest BCUT2D eigenvalue weighted by molar-refractivity contribution is 8.15. The Bertz CT molecular complexity index is 710. The Labute approximate surface area is 134 Å². The molecule has 0 saturated heterocycles. The molecule has 3 rings (SSSR count). The van der Waals surface area contributed by atoms with Crippen LogP contribution in [0.4, 0.5) is 0 Å². The summed E-state index contributed by atoms with van der Waals surface area (Å²) in [4.78, 5) is 12.1. The van der Waals surface area contributed by atoms with E-state index in [1.165, 1.54) is 0 Å². The molecule has 0 bridgehead atoms. The van der Waals surface area contributed by atoms with Crippen LogP contribution >= 0.6 is 11.8 Å². The largest absolute Gasteiger partial charge is 0.294 e. The fourth-order valence-corrected chi connectivity index (χ4v) is 3.42. The summed E-state index contributed by atoms with van der Waals surface area (Å²) in [6.07, 6.45) is 0.403. The zero-order chi connectivity index (χ0) is 15.6. The number of carbonyl (C=O) groups excluding carboxylic acids is 1. The van der Waals surface area contributed by atoms with Crippen molar-refractivity contribution in [2.24, 2.45) is 5.10 Å². The minimum atomic E-state index is -0.396. The Morgan fingerprint density at radius 2 is 1.82 bits per heavy atom. The van der Waals surface area contributed by atoms with Gasteiger partial charge in [-0.3, -0.25) is 10.2 Å². The van der Waals surface area contributed by atoms with Gasteiger partial charge < -0.3 is 0 Å². The maximum absolute atomic E-state index is 12.5. The van der Waals surface area contributed by atoms with E-state index >= 15 is 0 Å². The maximum Gasteiger partial charge on any atom is 0.166 e. The molecule has 1 aliphatic rings. The molecule has 3 nitrogen and oxygen atoms in total. The van der Waals surface area contributed by atoms with E-state index in [2.05, 4.69) is 10.5 Å². The van der Waals surface area contributed by atoms with Crippen LogP contribution in [-0.4, -0.2) is 15.7 Å². The summed E-state index contributed by atoms with van der Waals surface area (Å²) in [6.45, 7) is 4.03. The molecule has 1 heterocycles. The van der Waals surface area contributed by atoms with Gasteiger partial charge in [-0.2, -0.15) is 5.10 Å². The van der Waals surface area contributed by atoms with Gasteiger partial charge in [0.2, 0.25) is 0 Å². The number of thioether (sulfide) groups is 1. The molecule has 2 aromatic carbocycles. The van der Waals surface area contributed by atoms with Crippen LogP contribution in [0, 0.1) is 6.92 Å². The molecular formula is C18H18N2OS. The molecule has 0 aliphatic carbocycles. The Hall–Kier alpha value is -2.07. The van der Waals surface area contributed by atoms with Crippen LogP contribution in [0.5, 0.6) is 0 Å². The van der Waals surface area contributed by atoms with E-state index in [0.29, 0.717) is 6.42 Å². The molecule has 0 saturated carbocycles. The van der Waals surface area contributed by atoms with Gasteiger partial charge in [-0.25, -0.2) is 0 Å². The van der Waals surface area contributed by atoms with Gasteiger partial charge in [-0.1, -0.05) is 71.9 Å². The summed E-state index contributed by atoms with van der Waals surface area (Å²) in [7, 11) is 0. The summed E-state index contributed by atoms with van der Waals surface area (Å²) < 4.78 is 0. The highest BCUT2D eigenvalue weighted by Crippen LogP contribution is 2.35. The van der Waals surface area contributed by atoms with E-state index < -0.39 is 4.87 Å². The van der Waals surface area contributed by atoms with Crippen molar-refractivity contribution in [3.8, 4) is 0 Å². The number of Topliss-reactive ketones (excluding diaryl/α,β-unsaturated/α-hetero) is 1. The number of ketones is 1. The van der Waals surface area contributed by atoms with Crippen molar-refractivity contribution in [2.75, 3.05) is 0 Å². The summed E-state index contributed by atoms with van der Waals surface area (Å²) >= 11 is 1.61. The van der Waals surface area contributed by atoms with E-state index in [-0.39, 0.29) is 5.78 Å². The van der Waals surface area contributed by atoms with Gasteiger partial charge >= 0.3 is 0 Å². The molecule has 22 heavy (non-hydrogen) atoms. The minimum absolute atomic E-state index is 0.131. The average molecular weight is 310 g/mol. The molecule has 0 radical (unpaired) electrons. The van der Waals surface area contributed by atoms with Crippen LogP contribution < -0.4 is 5.43 Å². The van der Waals surface area contributed by atoms with E-state index in [9.17, 15) is 4.79 Å². The lowest BCUT2D eigenvalue weighted by molar-refractivity contribution is 0.0967. The second kappa shape index (κ2) is 5.97. The third kappa shape index (κ3) is 3.22. The Balaban J connectivity index is 1.69. The van der Waals surface area contributed by atoms with Crippen LogP contribution in [0.2, 0.25) is 0 Å². The molecule has 1 atom stereocenters. The Kier molecular flexibility index (Phi) is 4.03. The van der Waals surface area contributed by atoms with Gasteiger partial charge in [-0.05, 0) is 13.8 Å². The standard InChI is InChI=1S/C18H18N2OS/c1-13-8-10-14(11-9-13)16(21)12-18(2)20-19-17(22-18)15-6-4-3-5-7-15/h3-11,20H,12H2,1-2H3. The van der Waals surface area contributed by atoms with Crippen LogP contribution in [0.1, 0.15) is 34.8 Å². The highest BCUT2D eigenvalue weighted by atomic mass is 32.2. The van der Waals surface area contributed by atoms with E-state index in [1.54, 1.807) is 11.8 Å². The second-order valence-corrected chi connectivity index (χ2v) is 7.19. The molecule has 112 valence electrons. The first-order valence-corrected chi connectivity index (χ1v) is 8.07. The molecule has 4 heteroatoms. The van der Waals surface area contributed by atoms with Crippen LogP contribution in [0.25, 0.3) is 0 Å². The number of benzene rings is 2. The predicted octanol–water partition coefficient (Wildman–Crippen LogP) is 3.98. The second-order valence-electron chi connectivity index (χ2n) is 5.69. The molecule has 0 aromatic heterocycles. The summed E-state index contributed by atoms with van der Waals surface area (Å²) in [6, 6.07) is 17.7. The first-order valence-electron chi connectivity index (χ1n) is 7.25. The first kappa shape index (κ1) is 14.9. The fraction of sp³-hybridized carbons (Fsp3) is 0.222. The number of hydrazone groups is 1. The number of rotatable bonds is 4. The quantitative estimate of drug-likeness (QED) is 0.868. The van der Waals surface area contributed by atoms with Gasteiger partial charge in [0.25, 0.3) is 0 Å². The number of aryl methyl sites for hydroxylation is 1.